The van der Waals surface area contributed by atoms with Crippen molar-refractivity contribution >= 4 is 5.97 Å². The van der Waals surface area contributed by atoms with E-state index in [1.165, 1.54) is 38.2 Å². The molecule has 2 heteroatoms. The Morgan fingerprint density at radius 3 is 2.53 bits per heavy atom. The standard InChI is InChI=1S/C30H44O2/c1-19(2)20(3)8-9-21(4)26-12-13-27-25-11-10-23-18-24(32-22(5)31)14-16-29(23,6)28(25)15-17-30(26,27)7/h8-11,14,18-21,25-28H,12-13,15-17H2,1-7H3/t20-,21+,25-,26+,27-,28-,29-,30+/m0/s1. The molecule has 32 heavy (non-hydrogen) atoms. The molecule has 0 radical (unpaired) electrons. The van der Waals surface area contributed by atoms with E-state index in [1.807, 2.05) is 0 Å². The second-order valence-electron chi connectivity index (χ2n) is 12.1. The largest absolute Gasteiger partial charge is 0.427 e. The maximum Gasteiger partial charge on any atom is 0.308 e. The van der Waals surface area contributed by atoms with Crippen LogP contribution in [-0.4, -0.2) is 5.97 Å². The molecule has 0 amide bonds. The zero-order valence-corrected chi connectivity index (χ0v) is 21.4. The molecule has 0 N–H and O–H groups in total. The van der Waals surface area contributed by atoms with Gasteiger partial charge < -0.3 is 4.74 Å². The Hall–Kier alpha value is -1.57. The Balaban J connectivity index is 1.54. The van der Waals surface area contributed by atoms with Crippen LogP contribution in [0.5, 0.6) is 0 Å². The van der Waals surface area contributed by atoms with E-state index in [2.05, 4.69) is 78.0 Å². The number of carbonyl (C=O) groups is 1. The molecule has 176 valence electrons. The molecule has 0 aromatic rings. The monoisotopic (exact) mass is 436 g/mol. The van der Waals surface area contributed by atoms with Crippen molar-refractivity contribution in [3.8, 4) is 0 Å². The molecular weight excluding hydrogens is 392 g/mol. The van der Waals surface area contributed by atoms with Crippen LogP contribution in [0, 0.1) is 52.3 Å². The lowest BCUT2D eigenvalue weighted by atomic mass is 9.48. The van der Waals surface area contributed by atoms with Crippen LogP contribution in [-0.2, 0) is 9.53 Å². The first-order chi connectivity index (χ1) is 15.1. The molecule has 0 aromatic heterocycles. The van der Waals surface area contributed by atoms with Crippen LogP contribution in [0.4, 0.5) is 0 Å². The van der Waals surface area contributed by atoms with E-state index < -0.39 is 0 Å². The second-order valence-corrected chi connectivity index (χ2v) is 12.1. The van der Waals surface area contributed by atoms with Gasteiger partial charge in [0.1, 0.15) is 5.76 Å². The summed E-state index contributed by atoms with van der Waals surface area (Å²) in [6.07, 6.45) is 20.5. The molecular formula is C30H44O2. The minimum atomic E-state index is -0.231. The van der Waals surface area contributed by atoms with Gasteiger partial charge in [0.05, 0.1) is 0 Å². The molecule has 0 heterocycles. The molecule has 4 rings (SSSR count). The molecule has 8 atom stereocenters. The van der Waals surface area contributed by atoms with Crippen LogP contribution in [0.3, 0.4) is 0 Å². The summed E-state index contributed by atoms with van der Waals surface area (Å²) in [5.41, 5.74) is 1.97. The number of carbonyl (C=O) groups excluding carboxylic acids is 1. The van der Waals surface area contributed by atoms with Crippen molar-refractivity contribution in [2.75, 3.05) is 0 Å². The predicted molar refractivity (Wildman–Crippen MR) is 133 cm³/mol. The van der Waals surface area contributed by atoms with E-state index in [1.54, 1.807) is 0 Å². The average Bonchev–Trinajstić information content (AvgIpc) is 3.08. The van der Waals surface area contributed by atoms with Crippen LogP contribution in [0.2, 0.25) is 0 Å². The quantitative estimate of drug-likeness (QED) is 0.323. The topological polar surface area (TPSA) is 26.3 Å². The van der Waals surface area contributed by atoms with Gasteiger partial charge in [-0.05, 0) is 102 Å². The maximum absolute atomic E-state index is 11.4. The summed E-state index contributed by atoms with van der Waals surface area (Å²) in [7, 11) is 0. The summed E-state index contributed by atoms with van der Waals surface area (Å²) in [6, 6.07) is 0. The first-order valence-corrected chi connectivity index (χ1v) is 13.0. The van der Waals surface area contributed by atoms with E-state index in [9.17, 15) is 4.79 Å². The Bertz CT molecular complexity index is 858. The normalized spacial score (nSPS) is 40.2. The summed E-state index contributed by atoms with van der Waals surface area (Å²) < 4.78 is 5.41. The lowest BCUT2D eigenvalue weighted by molar-refractivity contribution is -0.136. The van der Waals surface area contributed by atoms with E-state index in [-0.39, 0.29) is 11.4 Å². The third-order valence-electron chi connectivity index (χ3n) is 10.1. The number of hydrogen-bond acceptors (Lipinski definition) is 2. The molecule has 2 fully saturated rings. The van der Waals surface area contributed by atoms with Gasteiger partial charge >= 0.3 is 5.97 Å². The number of rotatable bonds is 5. The van der Waals surface area contributed by atoms with Gasteiger partial charge in [-0.25, -0.2) is 0 Å². The highest BCUT2D eigenvalue weighted by atomic mass is 16.5. The molecule has 0 aromatic carbocycles. The first kappa shape index (κ1) is 23.6. The fourth-order valence-electron chi connectivity index (χ4n) is 7.68. The number of fused-ring (bicyclic) bond motifs is 5. The minimum absolute atomic E-state index is 0.167. The Kier molecular flexibility index (Phi) is 6.38. The van der Waals surface area contributed by atoms with Gasteiger partial charge in [-0.2, -0.15) is 0 Å². The molecule has 0 saturated heterocycles. The molecule has 0 bridgehead atoms. The van der Waals surface area contributed by atoms with Crippen LogP contribution in [0.25, 0.3) is 0 Å². The van der Waals surface area contributed by atoms with Gasteiger partial charge in [0.2, 0.25) is 0 Å². The summed E-state index contributed by atoms with van der Waals surface area (Å²) >= 11 is 0. The highest BCUT2D eigenvalue weighted by molar-refractivity contribution is 5.68. The molecule has 0 aliphatic heterocycles. The highest BCUT2D eigenvalue weighted by Crippen LogP contribution is 2.66. The molecule has 4 aliphatic carbocycles. The molecule has 2 nitrogen and oxygen atoms in total. The maximum atomic E-state index is 11.4. The number of ether oxygens (including phenoxy) is 1. The molecule has 2 saturated carbocycles. The van der Waals surface area contributed by atoms with Gasteiger partial charge in [0.25, 0.3) is 0 Å². The Morgan fingerprint density at radius 2 is 1.84 bits per heavy atom. The van der Waals surface area contributed by atoms with Crippen LogP contribution >= 0.6 is 0 Å². The zero-order chi connectivity index (χ0) is 23.3. The number of hydrogen-bond donors (Lipinski definition) is 0. The van der Waals surface area contributed by atoms with Crippen molar-refractivity contribution < 1.29 is 9.53 Å². The first-order valence-electron chi connectivity index (χ1n) is 13.0. The van der Waals surface area contributed by atoms with Gasteiger partial charge in [0, 0.05) is 6.92 Å². The second kappa shape index (κ2) is 8.65. The lowest BCUT2D eigenvalue weighted by Gasteiger charge is -2.56. The zero-order valence-electron chi connectivity index (χ0n) is 21.4. The van der Waals surface area contributed by atoms with Gasteiger partial charge in [-0.15, -0.1) is 0 Å². The summed E-state index contributed by atoms with van der Waals surface area (Å²) in [6.45, 7) is 16.0. The predicted octanol–water partition coefficient (Wildman–Crippen LogP) is 7.88. The molecule has 0 spiro atoms. The van der Waals surface area contributed by atoms with E-state index in [0.717, 1.165) is 24.0 Å². The van der Waals surface area contributed by atoms with Crippen LogP contribution < -0.4 is 0 Å². The average molecular weight is 437 g/mol. The third-order valence-corrected chi connectivity index (χ3v) is 10.1. The molecule has 4 aliphatic rings. The summed E-state index contributed by atoms with van der Waals surface area (Å²) in [5, 5.41) is 0. The van der Waals surface area contributed by atoms with Crippen LogP contribution in [0.15, 0.2) is 47.8 Å². The fraction of sp³-hybridized carbons (Fsp3) is 0.700. The lowest BCUT2D eigenvalue weighted by Crippen LogP contribution is -2.48. The van der Waals surface area contributed by atoms with Crippen molar-refractivity contribution in [2.45, 2.75) is 80.6 Å². The van der Waals surface area contributed by atoms with E-state index >= 15 is 0 Å². The number of allylic oxidation sites excluding steroid dienone is 7. The third kappa shape index (κ3) is 3.97. The van der Waals surface area contributed by atoms with E-state index in [4.69, 9.17) is 4.74 Å². The Labute approximate surface area is 196 Å². The smallest absolute Gasteiger partial charge is 0.308 e. The molecule has 0 unspecified atom stereocenters. The van der Waals surface area contributed by atoms with Gasteiger partial charge in [-0.1, -0.05) is 65.8 Å². The van der Waals surface area contributed by atoms with Crippen molar-refractivity contribution in [3.05, 3.63) is 47.8 Å². The van der Waals surface area contributed by atoms with E-state index in [0.29, 0.717) is 35.0 Å². The Morgan fingerprint density at radius 1 is 1.09 bits per heavy atom. The van der Waals surface area contributed by atoms with Gasteiger partial charge in [0.15, 0.2) is 0 Å². The van der Waals surface area contributed by atoms with Crippen molar-refractivity contribution in [1.29, 1.82) is 0 Å². The number of esters is 1. The SMILES string of the molecule is CC(=O)OC1=CC[C@@]2(C)C(=C1)C=C[C@H]1[C@@H]3CC[C@H]([C@H](C)C=C[C@H](C)C(C)C)[C@@]3(C)CC[C@@H]12. The highest BCUT2D eigenvalue weighted by Gasteiger charge is 2.58. The minimum Gasteiger partial charge on any atom is -0.427 e. The summed E-state index contributed by atoms with van der Waals surface area (Å²) in [4.78, 5) is 11.4. The van der Waals surface area contributed by atoms with Crippen molar-refractivity contribution in [3.63, 3.8) is 0 Å². The van der Waals surface area contributed by atoms with Gasteiger partial charge in [-0.3, -0.25) is 4.79 Å². The van der Waals surface area contributed by atoms with Crippen LogP contribution in [0.1, 0.15) is 80.6 Å². The summed E-state index contributed by atoms with van der Waals surface area (Å²) in [5.74, 6) is 5.47. The van der Waals surface area contributed by atoms with Crippen molar-refractivity contribution in [2.24, 2.45) is 52.3 Å². The fourth-order valence-corrected chi connectivity index (χ4v) is 7.68. The van der Waals surface area contributed by atoms with Crippen molar-refractivity contribution in [1.82, 2.24) is 0 Å².